The quantitative estimate of drug-likeness (QED) is 0.773. The molecular formula is C15H11F2N3O2S. The average Bonchev–Trinajstić information content (AvgIpc) is 3.17. The Morgan fingerprint density at radius 2 is 2.17 bits per heavy atom. The van der Waals surface area contributed by atoms with Gasteiger partial charge in [-0.3, -0.25) is 4.79 Å². The van der Waals surface area contributed by atoms with Gasteiger partial charge >= 0.3 is 0 Å². The molecule has 118 valence electrons. The van der Waals surface area contributed by atoms with Crippen LogP contribution < -0.4 is 5.32 Å². The number of thiazole rings is 1. The minimum Gasteiger partial charge on any atom is -0.441 e. The molecular weight excluding hydrogens is 324 g/mol. The lowest BCUT2D eigenvalue weighted by Crippen LogP contribution is -2.12. The molecule has 2 heterocycles. The molecule has 0 aliphatic rings. The summed E-state index contributed by atoms with van der Waals surface area (Å²) in [6, 6.07) is 3.20. The van der Waals surface area contributed by atoms with Crippen molar-refractivity contribution >= 4 is 22.4 Å². The van der Waals surface area contributed by atoms with Gasteiger partial charge in [-0.2, -0.15) is 0 Å². The monoisotopic (exact) mass is 335 g/mol. The number of anilines is 1. The highest BCUT2D eigenvalue weighted by atomic mass is 32.1. The van der Waals surface area contributed by atoms with E-state index in [0.717, 1.165) is 12.1 Å². The molecule has 3 rings (SSSR count). The summed E-state index contributed by atoms with van der Waals surface area (Å²) in [5.74, 6) is -1.11. The van der Waals surface area contributed by atoms with E-state index < -0.39 is 11.6 Å². The van der Waals surface area contributed by atoms with Crippen LogP contribution in [0.25, 0.3) is 11.3 Å². The zero-order valence-electron chi connectivity index (χ0n) is 11.8. The van der Waals surface area contributed by atoms with Crippen LogP contribution in [0.5, 0.6) is 0 Å². The Labute approximate surface area is 134 Å². The number of amides is 1. The van der Waals surface area contributed by atoms with Crippen molar-refractivity contribution in [2.75, 3.05) is 5.32 Å². The number of carbonyl (C=O) groups excluding carboxylic acids is 1. The summed E-state index contributed by atoms with van der Waals surface area (Å²) in [6.07, 6.45) is 3.37. The Hall–Kier alpha value is -2.61. The number of benzene rings is 1. The van der Waals surface area contributed by atoms with Gasteiger partial charge in [-0.05, 0) is 12.1 Å². The molecule has 3 aromatic rings. The molecule has 5 nitrogen and oxygen atoms in total. The number of halogens is 2. The number of aromatic nitrogens is 2. The predicted octanol–water partition coefficient (Wildman–Crippen LogP) is 3.65. The van der Waals surface area contributed by atoms with Gasteiger partial charge in [-0.25, -0.2) is 18.7 Å². The number of rotatable bonds is 5. The lowest BCUT2D eigenvalue weighted by molar-refractivity contribution is -0.116. The molecule has 0 bridgehead atoms. The molecule has 0 unspecified atom stereocenters. The topological polar surface area (TPSA) is 68.0 Å². The first-order chi connectivity index (χ1) is 11.1. The van der Waals surface area contributed by atoms with Crippen LogP contribution in [-0.2, 0) is 11.2 Å². The Balaban J connectivity index is 1.62. The first-order valence-corrected chi connectivity index (χ1v) is 7.59. The van der Waals surface area contributed by atoms with Gasteiger partial charge in [0.05, 0.1) is 11.8 Å². The SMILES string of the molecule is O=C(CCc1ncc(-c2ccc(F)cc2F)o1)Nc1nccs1. The van der Waals surface area contributed by atoms with Gasteiger partial charge in [0.2, 0.25) is 5.91 Å². The third kappa shape index (κ3) is 3.78. The molecule has 0 radical (unpaired) electrons. The van der Waals surface area contributed by atoms with E-state index in [1.165, 1.54) is 23.6 Å². The zero-order chi connectivity index (χ0) is 16.2. The lowest BCUT2D eigenvalue weighted by Gasteiger charge is -2.00. The standard InChI is InChI=1S/C15H11F2N3O2S/c16-9-1-2-10(11(17)7-9)12-8-19-14(22-12)4-3-13(21)20-15-18-5-6-23-15/h1-2,5-8H,3-4H2,(H,18,20,21). The summed E-state index contributed by atoms with van der Waals surface area (Å²) in [4.78, 5) is 19.7. The molecule has 8 heteroatoms. The van der Waals surface area contributed by atoms with Crippen LogP contribution in [-0.4, -0.2) is 15.9 Å². The fraction of sp³-hybridized carbons (Fsp3) is 0.133. The molecule has 0 aliphatic carbocycles. The minimum absolute atomic E-state index is 0.123. The minimum atomic E-state index is -0.728. The molecule has 0 fully saturated rings. The third-order valence-corrected chi connectivity index (χ3v) is 3.68. The van der Waals surface area contributed by atoms with E-state index >= 15 is 0 Å². The summed E-state index contributed by atoms with van der Waals surface area (Å²) in [5, 5.41) is 4.93. The smallest absolute Gasteiger partial charge is 0.226 e. The van der Waals surface area contributed by atoms with Gasteiger partial charge in [-0.15, -0.1) is 11.3 Å². The largest absolute Gasteiger partial charge is 0.441 e. The molecule has 23 heavy (non-hydrogen) atoms. The molecule has 0 saturated carbocycles. The van der Waals surface area contributed by atoms with Gasteiger partial charge in [0.25, 0.3) is 0 Å². The predicted molar refractivity (Wildman–Crippen MR) is 80.9 cm³/mol. The first-order valence-electron chi connectivity index (χ1n) is 6.71. The summed E-state index contributed by atoms with van der Waals surface area (Å²) in [6.45, 7) is 0. The Morgan fingerprint density at radius 1 is 1.30 bits per heavy atom. The van der Waals surface area contributed by atoms with Crippen LogP contribution in [0.1, 0.15) is 12.3 Å². The zero-order valence-corrected chi connectivity index (χ0v) is 12.6. The van der Waals surface area contributed by atoms with E-state index in [1.54, 1.807) is 11.6 Å². The number of nitrogens with zero attached hydrogens (tertiary/aromatic N) is 2. The third-order valence-electron chi connectivity index (χ3n) is 2.99. The van der Waals surface area contributed by atoms with Crippen molar-refractivity contribution in [1.29, 1.82) is 0 Å². The van der Waals surface area contributed by atoms with Gasteiger partial charge in [0.1, 0.15) is 11.6 Å². The molecule has 0 aliphatic heterocycles. The van der Waals surface area contributed by atoms with E-state index in [1.807, 2.05) is 0 Å². The van der Waals surface area contributed by atoms with Gasteiger partial charge in [0.15, 0.2) is 16.8 Å². The maximum Gasteiger partial charge on any atom is 0.226 e. The van der Waals surface area contributed by atoms with Crippen molar-refractivity contribution in [1.82, 2.24) is 9.97 Å². The van der Waals surface area contributed by atoms with Crippen molar-refractivity contribution in [2.45, 2.75) is 12.8 Å². The second kappa shape index (κ2) is 6.66. The van der Waals surface area contributed by atoms with Gasteiger partial charge in [-0.1, -0.05) is 0 Å². The summed E-state index contributed by atoms with van der Waals surface area (Å²) in [5.41, 5.74) is 0.123. The summed E-state index contributed by atoms with van der Waals surface area (Å²) in [7, 11) is 0. The van der Waals surface area contributed by atoms with Crippen molar-refractivity contribution in [3.8, 4) is 11.3 Å². The number of nitrogens with one attached hydrogen (secondary N) is 1. The molecule has 2 aromatic heterocycles. The maximum atomic E-state index is 13.7. The molecule has 1 N–H and O–H groups in total. The normalized spacial score (nSPS) is 10.7. The molecule has 0 spiro atoms. The van der Waals surface area contributed by atoms with Gasteiger partial charge < -0.3 is 9.73 Å². The van der Waals surface area contributed by atoms with Crippen LogP contribution in [0.4, 0.5) is 13.9 Å². The van der Waals surface area contributed by atoms with Crippen LogP contribution in [0.3, 0.4) is 0 Å². The van der Waals surface area contributed by atoms with Crippen LogP contribution in [0.15, 0.2) is 40.4 Å². The number of carbonyl (C=O) groups is 1. The fourth-order valence-corrected chi connectivity index (χ4v) is 2.47. The second-order valence-corrected chi connectivity index (χ2v) is 5.52. The maximum absolute atomic E-state index is 13.7. The Kier molecular flexibility index (Phi) is 4.42. The molecule has 0 saturated heterocycles. The number of hydrogen-bond donors (Lipinski definition) is 1. The van der Waals surface area contributed by atoms with Crippen molar-refractivity contribution in [3.05, 3.63) is 53.5 Å². The van der Waals surface area contributed by atoms with Crippen LogP contribution >= 0.6 is 11.3 Å². The van der Waals surface area contributed by atoms with E-state index in [0.29, 0.717) is 11.0 Å². The van der Waals surface area contributed by atoms with Crippen LogP contribution in [0, 0.1) is 11.6 Å². The first kappa shape index (κ1) is 15.3. The van der Waals surface area contributed by atoms with Gasteiger partial charge in [0, 0.05) is 30.5 Å². The van der Waals surface area contributed by atoms with Crippen molar-refractivity contribution < 1.29 is 18.0 Å². The van der Waals surface area contributed by atoms with E-state index in [4.69, 9.17) is 4.42 Å². The summed E-state index contributed by atoms with van der Waals surface area (Å²) >= 11 is 1.32. The van der Waals surface area contributed by atoms with Crippen molar-refractivity contribution in [2.24, 2.45) is 0 Å². The highest BCUT2D eigenvalue weighted by molar-refractivity contribution is 7.13. The Morgan fingerprint density at radius 3 is 2.91 bits per heavy atom. The molecule has 1 amide bonds. The highest BCUT2D eigenvalue weighted by Crippen LogP contribution is 2.24. The van der Waals surface area contributed by atoms with E-state index in [-0.39, 0.29) is 30.1 Å². The average molecular weight is 335 g/mol. The van der Waals surface area contributed by atoms with E-state index in [9.17, 15) is 13.6 Å². The molecule has 1 aromatic carbocycles. The second-order valence-electron chi connectivity index (χ2n) is 4.63. The fourth-order valence-electron chi connectivity index (χ4n) is 1.93. The lowest BCUT2D eigenvalue weighted by atomic mass is 10.2. The highest BCUT2D eigenvalue weighted by Gasteiger charge is 2.13. The molecule has 0 atom stereocenters. The number of aryl methyl sites for hydroxylation is 1. The number of oxazole rings is 1. The van der Waals surface area contributed by atoms with Crippen LogP contribution in [0.2, 0.25) is 0 Å². The Bertz CT molecular complexity index is 818. The number of hydrogen-bond acceptors (Lipinski definition) is 5. The van der Waals surface area contributed by atoms with Crippen molar-refractivity contribution in [3.63, 3.8) is 0 Å². The summed E-state index contributed by atoms with van der Waals surface area (Å²) < 4.78 is 32.0. The van der Waals surface area contributed by atoms with E-state index in [2.05, 4.69) is 15.3 Å².